The van der Waals surface area contributed by atoms with Crippen LogP contribution in [0.3, 0.4) is 0 Å². The van der Waals surface area contributed by atoms with Crippen LogP contribution in [0.2, 0.25) is 0 Å². The van der Waals surface area contributed by atoms with E-state index in [1.54, 1.807) is 0 Å². The van der Waals surface area contributed by atoms with Gasteiger partial charge in [0.05, 0.1) is 11.2 Å². The zero-order valence-electron chi connectivity index (χ0n) is 11.6. The average Bonchev–Trinajstić information content (AvgIpc) is 2.90. The average molecular weight is 263 g/mol. The highest BCUT2D eigenvalue weighted by Gasteiger charge is 2.15. The zero-order chi connectivity index (χ0) is 13.5. The van der Waals surface area contributed by atoms with Crippen molar-refractivity contribution in [3.8, 4) is 11.3 Å². The van der Waals surface area contributed by atoms with Crippen LogP contribution in [-0.2, 0) is 13.0 Å². The molecule has 3 nitrogen and oxygen atoms in total. The van der Waals surface area contributed by atoms with Crippen molar-refractivity contribution >= 4 is 10.9 Å². The number of benzene rings is 2. The molecule has 0 unspecified atom stereocenters. The van der Waals surface area contributed by atoms with E-state index in [-0.39, 0.29) is 0 Å². The molecule has 1 aromatic heterocycles. The molecule has 0 bridgehead atoms. The molecule has 3 heteroatoms. The van der Waals surface area contributed by atoms with Crippen LogP contribution >= 0.6 is 0 Å². The minimum atomic E-state index is 1.03. The van der Waals surface area contributed by atoms with Gasteiger partial charge in [-0.15, -0.1) is 0 Å². The van der Waals surface area contributed by atoms with Gasteiger partial charge in [0.2, 0.25) is 0 Å². The molecular weight excluding hydrogens is 246 g/mol. The third kappa shape index (κ3) is 1.82. The van der Waals surface area contributed by atoms with Gasteiger partial charge >= 0.3 is 0 Å². The number of aromatic nitrogens is 2. The normalized spacial score (nSPS) is 15.4. The van der Waals surface area contributed by atoms with Crippen molar-refractivity contribution in [3.05, 3.63) is 53.6 Å². The van der Waals surface area contributed by atoms with Gasteiger partial charge in [-0.25, -0.2) is 0 Å². The summed E-state index contributed by atoms with van der Waals surface area (Å²) in [6.45, 7) is 2.18. The van der Waals surface area contributed by atoms with Crippen LogP contribution in [0.25, 0.3) is 22.2 Å². The van der Waals surface area contributed by atoms with Crippen molar-refractivity contribution in [2.45, 2.75) is 13.0 Å². The number of nitrogens with one attached hydrogen (secondary N) is 1. The van der Waals surface area contributed by atoms with E-state index in [4.69, 9.17) is 0 Å². The molecule has 0 fully saturated rings. The monoisotopic (exact) mass is 263 g/mol. The van der Waals surface area contributed by atoms with Gasteiger partial charge in [0.15, 0.2) is 0 Å². The number of aromatic amines is 1. The number of H-pyrrole nitrogens is 1. The van der Waals surface area contributed by atoms with E-state index in [0.29, 0.717) is 0 Å². The molecule has 100 valence electrons. The van der Waals surface area contributed by atoms with Crippen molar-refractivity contribution in [3.63, 3.8) is 0 Å². The Hall–Kier alpha value is -2.13. The fraction of sp³-hybridized carbons (Fsp3) is 0.235. The summed E-state index contributed by atoms with van der Waals surface area (Å²) in [5.74, 6) is 0. The van der Waals surface area contributed by atoms with Crippen molar-refractivity contribution in [2.24, 2.45) is 0 Å². The van der Waals surface area contributed by atoms with Crippen LogP contribution in [0.1, 0.15) is 11.1 Å². The van der Waals surface area contributed by atoms with Crippen LogP contribution in [0.5, 0.6) is 0 Å². The van der Waals surface area contributed by atoms with E-state index in [9.17, 15) is 0 Å². The highest BCUT2D eigenvalue weighted by Crippen LogP contribution is 2.29. The molecule has 0 atom stereocenters. The Kier molecular flexibility index (Phi) is 2.60. The maximum Gasteiger partial charge on any atom is 0.0999 e. The fourth-order valence-corrected chi connectivity index (χ4v) is 3.03. The van der Waals surface area contributed by atoms with Gasteiger partial charge in [-0.05, 0) is 36.7 Å². The molecule has 4 rings (SSSR count). The van der Waals surface area contributed by atoms with E-state index in [2.05, 4.69) is 58.5 Å². The SMILES string of the molecule is CN1CCc2ccc(-c3n[nH]c4ccccc34)cc2C1. The second-order valence-electron chi connectivity index (χ2n) is 5.59. The first-order chi connectivity index (χ1) is 9.81. The molecule has 0 radical (unpaired) electrons. The Morgan fingerprint density at radius 3 is 2.95 bits per heavy atom. The lowest BCUT2D eigenvalue weighted by molar-refractivity contribution is 0.313. The van der Waals surface area contributed by atoms with Gasteiger partial charge in [0, 0.05) is 24.0 Å². The number of fused-ring (bicyclic) bond motifs is 2. The molecule has 0 saturated carbocycles. The fourth-order valence-electron chi connectivity index (χ4n) is 3.03. The zero-order valence-corrected chi connectivity index (χ0v) is 11.6. The molecule has 1 N–H and O–H groups in total. The first kappa shape index (κ1) is 11.7. The number of nitrogens with zero attached hydrogens (tertiary/aromatic N) is 2. The number of rotatable bonds is 1. The van der Waals surface area contributed by atoms with E-state index in [0.717, 1.165) is 30.7 Å². The molecule has 2 aromatic carbocycles. The highest BCUT2D eigenvalue weighted by atomic mass is 15.1. The van der Waals surface area contributed by atoms with Crippen LogP contribution < -0.4 is 0 Å². The predicted octanol–water partition coefficient (Wildman–Crippen LogP) is 3.22. The lowest BCUT2D eigenvalue weighted by Crippen LogP contribution is -2.26. The van der Waals surface area contributed by atoms with Gasteiger partial charge < -0.3 is 4.90 Å². The van der Waals surface area contributed by atoms with Gasteiger partial charge in [-0.3, -0.25) is 5.10 Å². The quantitative estimate of drug-likeness (QED) is 0.731. The predicted molar refractivity (Wildman–Crippen MR) is 81.6 cm³/mol. The minimum absolute atomic E-state index is 1.03. The van der Waals surface area contributed by atoms with Crippen molar-refractivity contribution in [1.82, 2.24) is 15.1 Å². The molecule has 2 heterocycles. The van der Waals surface area contributed by atoms with Crippen LogP contribution in [-0.4, -0.2) is 28.7 Å². The van der Waals surface area contributed by atoms with E-state index in [1.165, 1.54) is 22.1 Å². The summed E-state index contributed by atoms with van der Waals surface area (Å²) in [7, 11) is 2.18. The van der Waals surface area contributed by atoms with Gasteiger partial charge in [0.25, 0.3) is 0 Å². The number of hydrogen-bond acceptors (Lipinski definition) is 2. The molecule has 0 spiro atoms. The molecule has 1 aliphatic rings. The number of para-hydroxylation sites is 1. The van der Waals surface area contributed by atoms with Crippen LogP contribution in [0.15, 0.2) is 42.5 Å². The van der Waals surface area contributed by atoms with Crippen LogP contribution in [0, 0.1) is 0 Å². The summed E-state index contributed by atoms with van der Waals surface area (Å²) < 4.78 is 0. The molecule has 0 amide bonds. The summed E-state index contributed by atoms with van der Waals surface area (Å²) in [4.78, 5) is 2.37. The highest BCUT2D eigenvalue weighted by molar-refractivity contribution is 5.92. The van der Waals surface area contributed by atoms with Gasteiger partial charge in [0.1, 0.15) is 0 Å². The Bertz CT molecular complexity index is 773. The van der Waals surface area contributed by atoms with Crippen molar-refractivity contribution in [1.29, 1.82) is 0 Å². The lowest BCUT2D eigenvalue weighted by Gasteiger charge is -2.25. The second-order valence-corrected chi connectivity index (χ2v) is 5.59. The first-order valence-corrected chi connectivity index (χ1v) is 7.05. The lowest BCUT2D eigenvalue weighted by atomic mass is 9.96. The molecule has 3 aromatic rings. The topological polar surface area (TPSA) is 31.9 Å². The summed E-state index contributed by atoms with van der Waals surface area (Å²) in [6.07, 6.45) is 1.15. The molecule has 1 aliphatic heterocycles. The minimum Gasteiger partial charge on any atom is -0.302 e. The van der Waals surface area contributed by atoms with Crippen LogP contribution in [0.4, 0.5) is 0 Å². The number of hydrogen-bond donors (Lipinski definition) is 1. The van der Waals surface area contributed by atoms with E-state index >= 15 is 0 Å². The Balaban J connectivity index is 1.84. The standard InChI is InChI=1S/C17H17N3/c1-20-9-8-12-6-7-13(10-14(12)11-20)17-15-4-2-3-5-16(15)18-19-17/h2-7,10H,8-9,11H2,1H3,(H,18,19). The van der Waals surface area contributed by atoms with Crippen molar-refractivity contribution in [2.75, 3.05) is 13.6 Å². The Labute approximate surface area is 118 Å². The van der Waals surface area contributed by atoms with E-state index in [1.807, 2.05) is 6.07 Å². The number of likely N-dealkylation sites (N-methyl/N-ethyl adjacent to an activating group) is 1. The third-order valence-corrected chi connectivity index (χ3v) is 4.15. The molecule has 20 heavy (non-hydrogen) atoms. The largest absolute Gasteiger partial charge is 0.302 e. The van der Waals surface area contributed by atoms with Gasteiger partial charge in [-0.1, -0.05) is 30.3 Å². The van der Waals surface area contributed by atoms with Crippen molar-refractivity contribution < 1.29 is 0 Å². The third-order valence-electron chi connectivity index (χ3n) is 4.15. The summed E-state index contributed by atoms with van der Waals surface area (Å²) in [5.41, 5.74) is 6.26. The summed E-state index contributed by atoms with van der Waals surface area (Å²) >= 11 is 0. The Morgan fingerprint density at radius 1 is 1.10 bits per heavy atom. The summed E-state index contributed by atoms with van der Waals surface area (Å²) in [6, 6.07) is 15.1. The maximum atomic E-state index is 4.49. The van der Waals surface area contributed by atoms with E-state index < -0.39 is 0 Å². The maximum absolute atomic E-state index is 4.49. The Morgan fingerprint density at radius 2 is 2.00 bits per heavy atom. The molecular formula is C17H17N3. The second kappa shape index (κ2) is 4.46. The molecule has 0 saturated heterocycles. The summed E-state index contributed by atoms with van der Waals surface area (Å²) in [5, 5.41) is 8.80. The van der Waals surface area contributed by atoms with Gasteiger partial charge in [-0.2, -0.15) is 5.10 Å². The first-order valence-electron chi connectivity index (χ1n) is 7.05. The molecule has 0 aliphatic carbocycles. The smallest absolute Gasteiger partial charge is 0.0999 e.